The van der Waals surface area contributed by atoms with E-state index in [1.807, 2.05) is 6.92 Å². The average molecular weight is 438 g/mol. The van der Waals surface area contributed by atoms with Crippen molar-refractivity contribution in [1.82, 2.24) is 15.3 Å². The van der Waals surface area contributed by atoms with Crippen LogP contribution in [-0.2, 0) is 20.7 Å². The molecule has 1 amide bonds. The number of thioether (sulfide) groups is 2. The zero-order chi connectivity index (χ0) is 21.0. The minimum Gasteiger partial charge on any atom is -0.463 e. The summed E-state index contributed by atoms with van der Waals surface area (Å²) in [5, 5.41) is 4.27. The van der Waals surface area contributed by atoms with E-state index in [4.69, 9.17) is 4.74 Å². The molecule has 1 aromatic heterocycles. The molecule has 0 saturated heterocycles. The second-order valence-electron chi connectivity index (χ2n) is 7.38. The molecule has 1 aliphatic heterocycles. The van der Waals surface area contributed by atoms with E-state index in [-0.39, 0.29) is 29.1 Å². The molecule has 0 aromatic carbocycles. The summed E-state index contributed by atoms with van der Waals surface area (Å²) >= 11 is 2.76. The van der Waals surface area contributed by atoms with Crippen LogP contribution in [0.3, 0.4) is 0 Å². The highest BCUT2D eigenvalue weighted by Gasteiger charge is 2.43. The molecular formula is C20H27N3O4S2. The number of hydrogen-bond donors (Lipinski definition) is 2. The Bertz CT molecular complexity index is 868. The largest absolute Gasteiger partial charge is 0.463 e. The highest BCUT2D eigenvalue weighted by molar-refractivity contribution is 8.04. The summed E-state index contributed by atoms with van der Waals surface area (Å²) in [6.45, 7) is 6.24. The van der Waals surface area contributed by atoms with E-state index in [0.717, 1.165) is 19.3 Å². The predicted octanol–water partition coefficient (Wildman–Crippen LogP) is 2.87. The molecule has 1 aliphatic carbocycles. The van der Waals surface area contributed by atoms with Crippen LogP contribution in [0.2, 0.25) is 0 Å². The Labute approximate surface area is 178 Å². The standard InChI is InChI=1S/C20H27N3O4S2/c1-4-12-9-15(24)23-20(21-12)28-10-16(25)22-18-17(19(26)27-5-2)13-7-6-11(3)8-14(13)29-18/h9,11,13-14H,4-8,10H2,1-3H3,(H,22,25)(H,21,23,24). The maximum Gasteiger partial charge on any atom is 0.336 e. The lowest BCUT2D eigenvalue weighted by Crippen LogP contribution is -2.28. The number of carbonyl (C=O) groups excluding carboxylic acids is 2. The Morgan fingerprint density at radius 3 is 2.90 bits per heavy atom. The quantitative estimate of drug-likeness (QED) is 0.384. The van der Waals surface area contributed by atoms with Crippen LogP contribution >= 0.6 is 23.5 Å². The molecule has 2 N–H and O–H groups in total. The number of hydrogen-bond acceptors (Lipinski definition) is 7. The third-order valence-electron chi connectivity index (χ3n) is 5.16. The maximum absolute atomic E-state index is 12.6. The number of esters is 1. The van der Waals surface area contributed by atoms with Crippen LogP contribution in [0.25, 0.3) is 0 Å². The normalized spacial score (nSPS) is 23.6. The maximum atomic E-state index is 12.6. The van der Waals surface area contributed by atoms with Gasteiger partial charge < -0.3 is 15.0 Å². The second kappa shape index (κ2) is 9.84. The average Bonchev–Trinajstić information content (AvgIpc) is 3.02. The van der Waals surface area contributed by atoms with E-state index in [2.05, 4.69) is 22.2 Å². The van der Waals surface area contributed by atoms with Crippen LogP contribution < -0.4 is 10.9 Å². The van der Waals surface area contributed by atoms with E-state index >= 15 is 0 Å². The van der Waals surface area contributed by atoms with Gasteiger partial charge in [-0.05, 0) is 32.1 Å². The van der Waals surface area contributed by atoms with Crippen molar-refractivity contribution in [2.45, 2.75) is 56.9 Å². The van der Waals surface area contributed by atoms with Crippen LogP contribution in [0.15, 0.2) is 26.6 Å². The molecule has 0 spiro atoms. The first-order valence-electron chi connectivity index (χ1n) is 10.0. The van der Waals surface area contributed by atoms with E-state index in [9.17, 15) is 14.4 Å². The summed E-state index contributed by atoms with van der Waals surface area (Å²) in [4.78, 5) is 43.8. The molecule has 2 aliphatic rings. The Hall–Kier alpha value is -1.74. The van der Waals surface area contributed by atoms with Crippen molar-refractivity contribution >= 4 is 35.4 Å². The molecule has 1 fully saturated rings. The number of nitrogens with zero attached hydrogens (tertiary/aromatic N) is 1. The number of nitrogens with one attached hydrogen (secondary N) is 2. The van der Waals surface area contributed by atoms with Crippen LogP contribution in [0.1, 0.15) is 45.7 Å². The zero-order valence-corrected chi connectivity index (χ0v) is 18.6. The topological polar surface area (TPSA) is 101 Å². The van der Waals surface area contributed by atoms with Crippen molar-refractivity contribution < 1.29 is 14.3 Å². The van der Waals surface area contributed by atoms with Crippen molar-refractivity contribution in [3.05, 3.63) is 32.7 Å². The summed E-state index contributed by atoms with van der Waals surface area (Å²) < 4.78 is 5.27. The number of aryl methyl sites for hydroxylation is 1. The van der Waals surface area contributed by atoms with Gasteiger partial charge in [-0.3, -0.25) is 9.59 Å². The number of rotatable bonds is 7. The van der Waals surface area contributed by atoms with Crippen molar-refractivity contribution in [2.75, 3.05) is 12.4 Å². The fraction of sp³-hybridized carbons (Fsp3) is 0.600. The SMILES string of the molecule is CCOC(=O)C1=C(NC(=O)CSc2nc(CC)cc(=O)[nH]2)SC2CC(C)CCC12. The molecule has 0 radical (unpaired) electrons. The molecule has 158 valence electrons. The summed E-state index contributed by atoms with van der Waals surface area (Å²) in [7, 11) is 0. The lowest BCUT2D eigenvalue weighted by atomic mass is 9.79. The van der Waals surface area contributed by atoms with Crippen molar-refractivity contribution in [3.8, 4) is 0 Å². The second-order valence-corrected chi connectivity index (χ2v) is 9.59. The van der Waals surface area contributed by atoms with Crippen LogP contribution in [0.5, 0.6) is 0 Å². The summed E-state index contributed by atoms with van der Waals surface area (Å²) in [6, 6.07) is 1.46. The Balaban J connectivity index is 1.69. The Morgan fingerprint density at radius 1 is 1.38 bits per heavy atom. The third kappa shape index (κ3) is 5.45. The monoisotopic (exact) mass is 437 g/mol. The van der Waals surface area contributed by atoms with Gasteiger partial charge >= 0.3 is 5.97 Å². The first-order valence-corrected chi connectivity index (χ1v) is 11.9. The number of H-pyrrole nitrogens is 1. The van der Waals surface area contributed by atoms with Crippen molar-refractivity contribution in [1.29, 1.82) is 0 Å². The van der Waals surface area contributed by atoms with E-state index < -0.39 is 0 Å². The molecule has 9 heteroatoms. The number of ether oxygens (including phenoxy) is 1. The molecule has 1 saturated carbocycles. The van der Waals surface area contributed by atoms with Gasteiger partial charge in [0.2, 0.25) is 5.91 Å². The zero-order valence-electron chi connectivity index (χ0n) is 16.9. The highest BCUT2D eigenvalue weighted by atomic mass is 32.2. The van der Waals surface area contributed by atoms with Gasteiger partial charge in [0.25, 0.3) is 5.56 Å². The molecule has 2 heterocycles. The van der Waals surface area contributed by atoms with Gasteiger partial charge in [0.1, 0.15) is 0 Å². The first-order chi connectivity index (χ1) is 13.9. The number of aromatic nitrogens is 2. The number of amides is 1. The molecule has 29 heavy (non-hydrogen) atoms. The van der Waals surface area contributed by atoms with Crippen molar-refractivity contribution in [3.63, 3.8) is 0 Å². The number of carbonyl (C=O) groups is 2. The minimum absolute atomic E-state index is 0.0992. The fourth-order valence-electron chi connectivity index (χ4n) is 3.75. The van der Waals surface area contributed by atoms with Gasteiger partial charge in [-0.25, -0.2) is 9.78 Å². The molecular weight excluding hydrogens is 410 g/mol. The summed E-state index contributed by atoms with van der Waals surface area (Å²) in [5.74, 6) is 0.299. The Morgan fingerprint density at radius 2 is 2.17 bits per heavy atom. The predicted molar refractivity (Wildman–Crippen MR) is 115 cm³/mol. The van der Waals surface area contributed by atoms with E-state index in [1.54, 1.807) is 18.7 Å². The Kier molecular flexibility index (Phi) is 7.45. The number of aromatic amines is 1. The lowest BCUT2D eigenvalue weighted by molar-refractivity contribution is -0.139. The van der Waals surface area contributed by atoms with E-state index in [0.29, 0.717) is 45.6 Å². The summed E-state index contributed by atoms with van der Waals surface area (Å²) in [5.41, 5.74) is 1.08. The van der Waals surface area contributed by atoms with Gasteiger partial charge in [-0.15, -0.1) is 11.8 Å². The third-order valence-corrected chi connectivity index (χ3v) is 7.42. The van der Waals surface area contributed by atoms with Gasteiger partial charge in [0.15, 0.2) is 5.16 Å². The number of fused-ring (bicyclic) bond motifs is 1. The van der Waals surface area contributed by atoms with Gasteiger partial charge in [0, 0.05) is 22.9 Å². The van der Waals surface area contributed by atoms with Crippen LogP contribution in [-0.4, -0.2) is 39.5 Å². The van der Waals surface area contributed by atoms with Crippen LogP contribution in [0.4, 0.5) is 0 Å². The molecule has 0 bridgehead atoms. The highest BCUT2D eigenvalue weighted by Crippen LogP contribution is 2.49. The van der Waals surface area contributed by atoms with Gasteiger partial charge in [-0.1, -0.05) is 32.0 Å². The summed E-state index contributed by atoms with van der Waals surface area (Å²) in [6.07, 6.45) is 3.70. The molecule has 7 nitrogen and oxygen atoms in total. The van der Waals surface area contributed by atoms with Gasteiger partial charge in [-0.2, -0.15) is 0 Å². The lowest BCUT2D eigenvalue weighted by Gasteiger charge is -2.29. The minimum atomic E-state index is -0.327. The molecule has 3 atom stereocenters. The molecule has 1 aromatic rings. The van der Waals surface area contributed by atoms with Crippen molar-refractivity contribution in [2.24, 2.45) is 11.8 Å². The first kappa shape index (κ1) is 22.0. The van der Waals surface area contributed by atoms with E-state index in [1.165, 1.54) is 17.8 Å². The fourth-order valence-corrected chi connectivity index (χ4v) is 6.14. The van der Waals surface area contributed by atoms with Crippen LogP contribution in [0, 0.1) is 11.8 Å². The molecule has 3 unspecified atom stereocenters. The smallest absolute Gasteiger partial charge is 0.336 e. The molecule has 3 rings (SSSR count). The van der Waals surface area contributed by atoms with Gasteiger partial charge in [0.05, 0.1) is 23.0 Å².